The average Bonchev–Trinajstić information content (AvgIpc) is 3.36. The number of fused-ring (bicyclic) bond motifs is 1. The van der Waals surface area contributed by atoms with E-state index >= 15 is 0 Å². The molecule has 6 atom stereocenters. The van der Waals surface area contributed by atoms with Gasteiger partial charge >= 0.3 is 0 Å². The van der Waals surface area contributed by atoms with E-state index in [0.717, 1.165) is 43.2 Å². The van der Waals surface area contributed by atoms with Gasteiger partial charge in [-0.15, -0.1) is 0 Å². The number of benzene rings is 2. The van der Waals surface area contributed by atoms with Crippen LogP contribution in [0.5, 0.6) is 5.75 Å². The van der Waals surface area contributed by atoms with E-state index in [2.05, 4.69) is 10.6 Å². The second-order valence-electron chi connectivity index (χ2n) is 13.0. The van der Waals surface area contributed by atoms with E-state index in [0.29, 0.717) is 44.0 Å². The van der Waals surface area contributed by atoms with Crippen LogP contribution >= 0.6 is 0 Å². The van der Waals surface area contributed by atoms with Gasteiger partial charge in [0, 0.05) is 13.5 Å². The Labute approximate surface area is 272 Å². The lowest BCUT2D eigenvalue weighted by molar-refractivity contribution is -0.137. The van der Waals surface area contributed by atoms with Gasteiger partial charge in [-0.1, -0.05) is 82.3 Å². The number of methoxy groups -OCH3 is 1. The highest BCUT2D eigenvalue weighted by Crippen LogP contribution is 2.33. The number of nitrogens with one attached hydrogen (secondary N) is 2. The van der Waals surface area contributed by atoms with Gasteiger partial charge in [-0.05, 0) is 41.5 Å². The predicted octanol–water partition coefficient (Wildman–Crippen LogP) is 3.57. The van der Waals surface area contributed by atoms with Crippen LogP contribution in [0.4, 0.5) is 0 Å². The Bertz CT molecular complexity index is 1250. The molecule has 1 saturated carbocycles. The largest absolute Gasteiger partial charge is 0.490 e. The van der Waals surface area contributed by atoms with Gasteiger partial charge in [-0.3, -0.25) is 9.59 Å². The van der Waals surface area contributed by atoms with Gasteiger partial charge in [-0.25, -0.2) is 0 Å². The Morgan fingerprint density at radius 3 is 2.35 bits per heavy atom. The van der Waals surface area contributed by atoms with Gasteiger partial charge in [0.1, 0.15) is 18.5 Å². The molecule has 1 unspecified atom stereocenters. The summed E-state index contributed by atoms with van der Waals surface area (Å²) in [7, 11) is 1.60. The fourth-order valence-corrected chi connectivity index (χ4v) is 6.85. The second kappa shape index (κ2) is 17.8. The van der Waals surface area contributed by atoms with Crippen LogP contribution in [-0.2, 0) is 20.7 Å². The van der Waals surface area contributed by atoms with Crippen LogP contribution in [0.25, 0.3) is 0 Å². The Morgan fingerprint density at radius 2 is 1.61 bits per heavy atom. The molecular formula is C36H52N2O8. The monoisotopic (exact) mass is 640 g/mol. The van der Waals surface area contributed by atoms with Crippen LogP contribution in [0.15, 0.2) is 48.5 Å². The molecule has 2 aromatic carbocycles. The average molecular weight is 641 g/mol. The van der Waals surface area contributed by atoms with Crippen molar-refractivity contribution in [3.8, 4) is 5.75 Å². The number of rotatable bonds is 17. The molecule has 254 valence electrons. The van der Waals surface area contributed by atoms with Gasteiger partial charge < -0.3 is 40.2 Å². The van der Waals surface area contributed by atoms with Crippen molar-refractivity contribution in [2.45, 2.75) is 89.2 Å². The minimum absolute atomic E-state index is 0.242. The molecule has 0 bridgehead atoms. The fraction of sp³-hybridized carbons (Fsp3) is 0.611. The van der Waals surface area contributed by atoms with Crippen molar-refractivity contribution in [3.05, 3.63) is 65.2 Å². The van der Waals surface area contributed by atoms with E-state index in [9.17, 15) is 24.9 Å². The van der Waals surface area contributed by atoms with Crippen molar-refractivity contribution >= 4 is 11.8 Å². The van der Waals surface area contributed by atoms with E-state index in [1.165, 1.54) is 0 Å². The van der Waals surface area contributed by atoms with E-state index in [4.69, 9.17) is 14.2 Å². The van der Waals surface area contributed by atoms with Crippen LogP contribution in [-0.4, -0.2) is 85.0 Å². The topological polar surface area (TPSA) is 147 Å². The zero-order valence-electron chi connectivity index (χ0n) is 27.4. The zero-order valence-corrected chi connectivity index (χ0v) is 27.4. The first-order valence-electron chi connectivity index (χ1n) is 16.7. The summed E-state index contributed by atoms with van der Waals surface area (Å²) in [6.07, 6.45) is 2.52. The molecule has 5 N–H and O–H groups in total. The van der Waals surface area contributed by atoms with E-state index in [-0.39, 0.29) is 18.4 Å². The molecule has 2 aromatic rings. The number of aliphatic hydroxyl groups is 3. The Morgan fingerprint density at radius 1 is 0.913 bits per heavy atom. The van der Waals surface area contributed by atoms with Gasteiger partial charge in [0.05, 0.1) is 55.6 Å². The smallest absolute Gasteiger partial charge is 0.255 e. The van der Waals surface area contributed by atoms with Crippen LogP contribution in [0.1, 0.15) is 79.9 Å². The highest BCUT2D eigenvalue weighted by molar-refractivity contribution is 5.97. The molecule has 0 radical (unpaired) electrons. The SMILES string of the molecule is COCCOCCOc1ccccc1C(=O)N[C@@H](CC1CCCCC1)[C@@H](O)[C@H](O)[C@H](C(=O)N[C@H]1c2ccccc2CC1O)C(C)C. The maximum Gasteiger partial charge on any atom is 0.255 e. The molecule has 2 aliphatic rings. The quantitative estimate of drug-likeness (QED) is 0.165. The molecular weight excluding hydrogens is 588 g/mol. The number of carbonyl (C=O) groups excluding carboxylic acids is 2. The van der Waals surface area contributed by atoms with Crippen LogP contribution < -0.4 is 15.4 Å². The Balaban J connectivity index is 1.49. The lowest BCUT2D eigenvalue weighted by Crippen LogP contribution is -2.55. The summed E-state index contributed by atoms with van der Waals surface area (Å²) in [6.45, 7) is 5.13. The molecule has 10 nitrogen and oxygen atoms in total. The van der Waals surface area contributed by atoms with Crippen LogP contribution in [0.2, 0.25) is 0 Å². The maximum absolute atomic E-state index is 13.7. The van der Waals surface area contributed by atoms with E-state index in [1.54, 1.807) is 31.4 Å². The number of hydrogen-bond donors (Lipinski definition) is 5. The number of ether oxygens (including phenoxy) is 3. The molecule has 2 amide bonds. The predicted molar refractivity (Wildman–Crippen MR) is 174 cm³/mol. The van der Waals surface area contributed by atoms with Crippen LogP contribution in [0.3, 0.4) is 0 Å². The molecule has 46 heavy (non-hydrogen) atoms. The van der Waals surface area contributed by atoms with Gasteiger partial charge in [0.2, 0.25) is 5.91 Å². The highest BCUT2D eigenvalue weighted by atomic mass is 16.5. The van der Waals surface area contributed by atoms with Crippen molar-refractivity contribution in [2.24, 2.45) is 17.8 Å². The van der Waals surface area contributed by atoms with Gasteiger partial charge in [0.15, 0.2) is 0 Å². The summed E-state index contributed by atoms with van der Waals surface area (Å²) in [4.78, 5) is 27.4. The third kappa shape index (κ3) is 9.51. The third-order valence-electron chi connectivity index (χ3n) is 9.33. The second-order valence-corrected chi connectivity index (χ2v) is 13.0. The number of hydrogen-bond acceptors (Lipinski definition) is 8. The standard InChI is InChI=1S/C36H52N2O8/c1-23(2)31(36(43)38-32-26-14-8-7-13-25(26)22-29(32)39)34(41)33(40)28(21-24-11-5-4-6-12-24)37-35(42)27-15-9-10-16-30(27)46-20-19-45-18-17-44-3/h7-10,13-16,23-24,28-29,31-34,39-41H,4-6,11-12,17-22H2,1-3H3,(H,37,42)(H,38,43)/t28-,29?,31+,32-,33+,34+/m0/s1. The van der Waals surface area contributed by atoms with Crippen molar-refractivity contribution in [1.82, 2.24) is 10.6 Å². The van der Waals surface area contributed by atoms with Crippen molar-refractivity contribution in [1.29, 1.82) is 0 Å². The molecule has 0 heterocycles. The first-order valence-corrected chi connectivity index (χ1v) is 16.7. The number of carbonyl (C=O) groups is 2. The minimum atomic E-state index is -1.46. The molecule has 0 spiro atoms. The summed E-state index contributed by atoms with van der Waals surface area (Å²) in [5.74, 6) is -1.53. The van der Waals surface area contributed by atoms with Crippen molar-refractivity contribution in [3.63, 3.8) is 0 Å². The number of amides is 2. The first-order chi connectivity index (χ1) is 22.2. The summed E-state index contributed by atoms with van der Waals surface area (Å²) in [6, 6.07) is 13.1. The molecule has 0 saturated heterocycles. The summed E-state index contributed by atoms with van der Waals surface area (Å²) in [5.41, 5.74) is 2.13. The lowest BCUT2D eigenvalue weighted by Gasteiger charge is -2.36. The third-order valence-corrected chi connectivity index (χ3v) is 9.33. The highest BCUT2D eigenvalue weighted by Gasteiger charge is 2.41. The van der Waals surface area contributed by atoms with E-state index < -0.39 is 48.1 Å². The lowest BCUT2D eigenvalue weighted by atomic mass is 9.79. The Hall–Kier alpha value is -3.02. The van der Waals surface area contributed by atoms with Crippen molar-refractivity contribution < 1.29 is 39.1 Å². The molecule has 4 rings (SSSR count). The summed E-state index contributed by atoms with van der Waals surface area (Å²) in [5, 5.41) is 40.0. The first kappa shape index (κ1) is 35.8. The van der Waals surface area contributed by atoms with Gasteiger partial charge in [0.25, 0.3) is 5.91 Å². The molecule has 10 heteroatoms. The minimum Gasteiger partial charge on any atom is -0.490 e. The summed E-state index contributed by atoms with van der Waals surface area (Å²) >= 11 is 0. The normalized spacial score (nSPS) is 20.8. The van der Waals surface area contributed by atoms with Gasteiger partial charge in [-0.2, -0.15) is 0 Å². The molecule has 1 fully saturated rings. The fourth-order valence-electron chi connectivity index (χ4n) is 6.85. The summed E-state index contributed by atoms with van der Waals surface area (Å²) < 4.78 is 16.3. The van der Waals surface area contributed by atoms with Crippen molar-refractivity contribution in [2.75, 3.05) is 33.5 Å². The van der Waals surface area contributed by atoms with Crippen LogP contribution in [0, 0.1) is 17.8 Å². The molecule has 2 aliphatic carbocycles. The van der Waals surface area contributed by atoms with E-state index in [1.807, 2.05) is 38.1 Å². The molecule has 0 aromatic heterocycles. The zero-order chi connectivity index (χ0) is 33.1. The number of aliphatic hydroxyl groups excluding tert-OH is 3. The Kier molecular flexibility index (Phi) is 13.8. The maximum atomic E-state index is 13.7. The number of para-hydroxylation sites is 1. The molecule has 0 aliphatic heterocycles.